The van der Waals surface area contributed by atoms with Crippen LogP contribution in [-0.4, -0.2) is 37.7 Å². The van der Waals surface area contributed by atoms with Crippen LogP contribution < -0.4 is 17.2 Å². The van der Waals surface area contributed by atoms with E-state index in [1.54, 1.807) is 24.3 Å². The van der Waals surface area contributed by atoms with Gasteiger partial charge < -0.3 is 41.6 Å². The molecule has 0 bridgehead atoms. The molecule has 160 valence electrons. The van der Waals surface area contributed by atoms with Crippen molar-refractivity contribution >= 4 is 12.4 Å². The van der Waals surface area contributed by atoms with E-state index in [0.29, 0.717) is 42.7 Å². The van der Waals surface area contributed by atoms with E-state index in [2.05, 4.69) is 10.0 Å². The Morgan fingerprint density at radius 2 is 1.52 bits per heavy atom. The zero-order valence-corrected chi connectivity index (χ0v) is 16.2. The zero-order chi connectivity index (χ0) is 21.5. The van der Waals surface area contributed by atoms with E-state index in [-0.39, 0.29) is 20.2 Å². The monoisotopic (exact) mass is 406 g/mol. The van der Waals surface area contributed by atoms with Gasteiger partial charge in [0.2, 0.25) is 0 Å². The molecule has 2 aromatic rings. The molecule has 0 aromatic carbocycles. The highest BCUT2D eigenvalue weighted by molar-refractivity contribution is 5.73. The highest BCUT2D eigenvalue weighted by Crippen LogP contribution is 2.17. The van der Waals surface area contributed by atoms with Crippen LogP contribution in [0.2, 0.25) is 0 Å². The summed E-state index contributed by atoms with van der Waals surface area (Å²) in [5.41, 5.74) is 24.0. The number of ether oxygens (including phenoxy) is 1. The van der Waals surface area contributed by atoms with Gasteiger partial charge in [-0.15, -0.1) is 0 Å². The van der Waals surface area contributed by atoms with Crippen LogP contribution in [0.15, 0.2) is 38.2 Å². The minimum Gasteiger partial charge on any atom is -0.460 e. The number of furan rings is 2. The summed E-state index contributed by atoms with van der Waals surface area (Å²) in [7, 11) is 0. The Morgan fingerprint density at radius 3 is 1.86 bits per heavy atom. The topological polar surface area (TPSA) is 210 Å². The van der Waals surface area contributed by atoms with Gasteiger partial charge in [-0.25, -0.2) is 0 Å². The lowest BCUT2D eigenvalue weighted by atomic mass is 10.2. The Hall–Kier alpha value is -2.95. The second-order valence-corrected chi connectivity index (χ2v) is 5.92. The lowest BCUT2D eigenvalue weighted by molar-refractivity contribution is 0.0555. The highest BCUT2D eigenvalue weighted by Gasteiger charge is 2.22. The molecule has 1 aliphatic heterocycles. The predicted molar refractivity (Wildman–Crippen MR) is 112 cm³/mol. The van der Waals surface area contributed by atoms with Crippen molar-refractivity contribution in [1.29, 1.82) is 10.8 Å². The molecular formula is C18H30N8O3. The van der Waals surface area contributed by atoms with Crippen LogP contribution in [-0.2, 0) is 17.8 Å². The first-order valence-electron chi connectivity index (χ1n) is 9.05. The molecule has 2 atom stereocenters. The zero-order valence-electron chi connectivity index (χ0n) is 16.2. The average Bonchev–Trinajstić information content (AvgIpc) is 3.52. The minimum atomic E-state index is 0. The van der Waals surface area contributed by atoms with E-state index in [1.165, 1.54) is 0 Å². The van der Waals surface area contributed by atoms with Crippen molar-refractivity contribution in [2.75, 3.05) is 13.1 Å². The Balaban J connectivity index is 0.000000416. The second kappa shape index (κ2) is 14.1. The predicted octanol–water partition coefficient (Wildman–Crippen LogP) is 2.52. The summed E-state index contributed by atoms with van der Waals surface area (Å²) in [6.07, 6.45) is 4.97. The van der Waals surface area contributed by atoms with Crippen molar-refractivity contribution in [3.63, 3.8) is 0 Å². The maximum absolute atomic E-state index is 7.96. The van der Waals surface area contributed by atoms with E-state index in [0.717, 1.165) is 25.3 Å². The minimum absolute atomic E-state index is 0. The molecule has 8 N–H and O–H groups in total. The van der Waals surface area contributed by atoms with Crippen molar-refractivity contribution in [2.24, 2.45) is 22.3 Å². The Labute approximate surface area is 170 Å². The smallest absolute Gasteiger partial charge is 0.144 e. The summed E-state index contributed by atoms with van der Waals surface area (Å²) in [6, 6.07) is 6.81. The van der Waals surface area contributed by atoms with Crippen LogP contribution in [0.25, 0.3) is 10.4 Å². The van der Waals surface area contributed by atoms with Gasteiger partial charge >= 0.3 is 0 Å². The first-order chi connectivity index (χ1) is 14.1. The van der Waals surface area contributed by atoms with Gasteiger partial charge in [-0.3, -0.25) is 0 Å². The van der Waals surface area contributed by atoms with Crippen molar-refractivity contribution < 1.29 is 15.0 Å². The lowest BCUT2D eigenvalue weighted by Crippen LogP contribution is -2.24. The number of nitrogens with two attached hydrogens (primary N) is 3. The molecule has 0 aliphatic carbocycles. The van der Waals surface area contributed by atoms with Crippen LogP contribution >= 0.6 is 0 Å². The van der Waals surface area contributed by atoms with Crippen LogP contribution in [0.3, 0.4) is 0 Å². The summed E-state index contributed by atoms with van der Waals surface area (Å²) in [5, 5.41) is 16.9. The van der Waals surface area contributed by atoms with E-state index >= 15 is 0 Å². The molecule has 3 rings (SSSR count). The summed E-state index contributed by atoms with van der Waals surface area (Å²) >= 11 is 0. The summed E-state index contributed by atoms with van der Waals surface area (Å²) < 4.78 is 15.5. The molecule has 1 saturated heterocycles. The molecule has 0 amide bonds. The van der Waals surface area contributed by atoms with E-state index in [9.17, 15) is 0 Å². The Bertz CT molecular complexity index is 778. The number of nitrogens with zero attached hydrogens (tertiary/aromatic N) is 3. The van der Waals surface area contributed by atoms with E-state index in [1.807, 2.05) is 0 Å². The third-order valence-electron chi connectivity index (χ3n) is 3.86. The Kier molecular flexibility index (Phi) is 11.7. The molecule has 11 nitrogen and oxygen atoms in total. The fraction of sp³-hybridized carbons (Fsp3) is 0.444. The van der Waals surface area contributed by atoms with Gasteiger partial charge in [0, 0.05) is 19.4 Å². The van der Waals surface area contributed by atoms with E-state index in [4.69, 9.17) is 47.1 Å². The van der Waals surface area contributed by atoms with E-state index < -0.39 is 0 Å². The summed E-state index contributed by atoms with van der Waals surface area (Å²) in [6.45, 7) is 1.87. The molecule has 1 aliphatic rings. The van der Waals surface area contributed by atoms with Gasteiger partial charge in [-0.2, -0.15) is 0 Å². The SMILES string of the molecule is N=Cc1ccc(CN)o1.NCC1CCC(CN)O1.[HH].[N-]=[N+]=NCc1ccc(C=N)o1. The van der Waals surface area contributed by atoms with Crippen molar-refractivity contribution in [3.8, 4) is 0 Å². The number of hydrogen-bond acceptors (Lipinski definition) is 9. The Morgan fingerprint density at radius 1 is 1.00 bits per heavy atom. The number of rotatable bonds is 7. The highest BCUT2D eigenvalue weighted by atomic mass is 16.5. The third-order valence-corrected chi connectivity index (χ3v) is 3.86. The molecule has 0 radical (unpaired) electrons. The molecule has 2 unspecified atom stereocenters. The first-order valence-corrected chi connectivity index (χ1v) is 9.05. The largest absolute Gasteiger partial charge is 0.460 e. The van der Waals surface area contributed by atoms with Gasteiger partial charge in [0.05, 0.1) is 37.7 Å². The maximum atomic E-state index is 7.96. The fourth-order valence-corrected chi connectivity index (χ4v) is 2.37. The first kappa shape index (κ1) is 24.1. The van der Waals surface area contributed by atoms with Crippen LogP contribution in [0.4, 0.5) is 0 Å². The van der Waals surface area contributed by atoms with Gasteiger partial charge in [0.25, 0.3) is 0 Å². The van der Waals surface area contributed by atoms with Gasteiger partial charge in [0.1, 0.15) is 23.0 Å². The molecule has 3 heterocycles. The van der Waals surface area contributed by atoms with Gasteiger partial charge in [0.15, 0.2) is 0 Å². The van der Waals surface area contributed by atoms with Crippen molar-refractivity contribution in [1.82, 2.24) is 0 Å². The quantitative estimate of drug-likeness (QED) is 0.201. The number of azide groups is 1. The summed E-state index contributed by atoms with van der Waals surface area (Å²) in [4.78, 5) is 2.57. The molecule has 0 spiro atoms. The lowest BCUT2D eigenvalue weighted by Gasteiger charge is -2.08. The van der Waals surface area contributed by atoms with Crippen molar-refractivity contribution in [3.05, 3.63) is 57.7 Å². The second-order valence-electron chi connectivity index (χ2n) is 5.92. The number of hydrogen-bond donors (Lipinski definition) is 5. The summed E-state index contributed by atoms with van der Waals surface area (Å²) in [5.74, 6) is 2.30. The molecule has 1 fully saturated rings. The molecule has 29 heavy (non-hydrogen) atoms. The molecule has 0 saturated carbocycles. The third kappa shape index (κ3) is 9.19. The fourth-order valence-electron chi connectivity index (χ4n) is 2.37. The van der Waals surface area contributed by atoms with Crippen molar-refractivity contribution in [2.45, 2.75) is 38.1 Å². The standard InChI is InChI=1S/C6H6N4O.C6H14N2O.C6H8N2O.H2/c7-3-5-1-2-6(11-5)4-9-10-8;2*7-3-5-1-2-6(4-8)9-5;/h1-3,7H,4H2;5-6H,1-4,7-8H2;1-3,7H,4,8H2;1H. The molecular weight excluding hydrogens is 376 g/mol. The van der Waals surface area contributed by atoms with Crippen LogP contribution in [0.5, 0.6) is 0 Å². The average molecular weight is 406 g/mol. The normalized spacial score (nSPS) is 17.2. The molecule has 2 aromatic heterocycles. The maximum Gasteiger partial charge on any atom is 0.144 e. The van der Waals surface area contributed by atoms with Crippen LogP contribution in [0.1, 0.15) is 37.3 Å². The van der Waals surface area contributed by atoms with Crippen LogP contribution in [0, 0.1) is 10.8 Å². The number of nitrogens with one attached hydrogen (secondary N) is 2. The van der Waals surface area contributed by atoms with Gasteiger partial charge in [-0.05, 0) is 42.6 Å². The molecule has 11 heteroatoms. The van der Waals surface area contributed by atoms with Gasteiger partial charge in [-0.1, -0.05) is 5.11 Å².